The summed E-state index contributed by atoms with van der Waals surface area (Å²) in [6, 6.07) is 20.1. The highest BCUT2D eigenvalue weighted by atomic mass is 32.2. The lowest BCUT2D eigenvalue weighted by atomic mass is 10.1. The van der Waals surface area contributed by atoms with Gasteiger partial charge in [-0.1, -0.05) is 36.4 Å². The second kappa shape index (κ2) is 10.4. The van der Waals surface area contributed by atoms with Crippen LogP contribution in [0, 0.1) is 6.92 Å². The van der Waals surface area contributed by atoms with Gasteiger partial charge in [-0.3, -0.25) is 9.10 Å². The molecule has 0 bridgehead atoms. The van der Waals surface area contributed by atoms with E-state index in [9.17, 15) is 13.2 Å². The predicted octanol–water partition coefficient (Wildman–Crippen LogP) is 4.08. The number of nitrogens with one attached hydrogen (secondary N) is 1. The quantitative estimate of drug-likeness (QED) is 0.511. The third-order valence-corrected chi connectivity index (χ3v) is 6.98. The van der Waals surface area contributed by atoms with E-state index in [4.69, 9.17) is 9.47 Å². The Labute approximate surface area is 195 Å². The van der Waals surface area contributed by atoms with E-state index >= 15 is 0 Å². The Balaban J connectivity index is 1.86. The first kappa shape index (κ1) is 24.1. The first-order valence-electron chi connectivity index (χ1n) is 10.4. The van der Waals surface area contributed by atoms with E-state index in [1.54, 1.807) is 62.8 Å². The van der Waals surface area contributed by atoms with Crippen molar-refractivity contribution in [3.63, 3.8) is 0 Å². The summed E-state index contributed by atoms with van der Waals surface area (Å²) in [5.41, 5.74) is 2.11. The van der Waals surface area contributed by atoms with E-state index in [0.29, 0.717) is 17.2 Å². The molecule has 33 heavy (non-hydrogen) atoms. The van der Waals surface area contributed by atoms with E-state index < -0.39 is 15.9 Å². The van der Waals surface area contributed by atoms with Crippen molar-refractivity contribution in [3.8, 4) is 11.5 Å². The van der Waals surface area contributed by atoms with Crippen LogP contribution in [0.15, 0.2) is 77.7 Å². The zero-order chi connectivity index (χ0) is 24.0. The smallest absolute Gasteiger partial charge is 0.264 e. The van der Waals surface area contributed by atoms with E-state index in [2.05, 4.69) is 5.32 Å². The Kier molecular flexibility index (Phi) is 7.60. The second-order valence-electron chi connectivity index (χ2n) is 7.57. The highest BCUT2D eigenvalue weighted by molar-refractivity contribution is 7.92. The molecule has 8 heteroatoms. The summed E-state index contributed by atoms with van der Waals surface area (Å²) in [6.07, 6.45) is 0. The molecule has 1 unspecified atom stereocenters. The van der Waals surface area contributed by atoms with Crippen LogP contribution < -0.4 is 19.1 Å². The number of hydrogen-bond acceptors (Lipinski definition) is 5. The van der Waals surface area contributed by atoms with Crippen LogP contribution in [0.5, 0.6) is 11.5 Å². The highest BCUT2D eigenvalue weighted by Gasteiger charge is 2.27. The van der Waals surface area contributed by atoms with Crippen molar-refractivity contribution in [2.24, 2.45) is 0 Å². The van der Waals surface area contributed by atoms with Gasteiger partial charge in [0, 0.05) is 0 Å². The van der Waals surface area contributed by atoms with E-state index in [1.807, 2.05) is 26.0 Å². The fourth-order valence-electron chi connectivity index (χ4n) is 3.44. The number of ether oxygens (including phenoxy) is 2. The second-order valence-corrected chi connectivity index (χ2v) is 9.43. The molecule has 1 N–H and O–H groups in total. The molecule has 1 atom stereocenters. The van der Waals surface area contributed by atoms with Crippen LogP contribution in [-0.2, 0) is 14.8 Å². The fourth-order valence-corrected chi connectivity index (χ4v) is 4.87. The molecule has 7 nitrogen and oxygen atoms in total. The summed E-state index contributed by atoms with van der Waals surface area (Å²) in [4.78, 5) is 13.1. The molecule has 0 heterocycles. The molecule has 0 radical (unpaired) electrons. The van der Waals surface area contributed by atoms with Gasteiger partial charge in [0.05, 0.1) is 30.8 Å². The Morgan fingerprint density at radius 2 is 1.64 bits per heavy atom. The Bertz CT molecular complexity index is 1210. The van der Waals surface area contributed by atoms with Crippen molar-refractivity contribution in [2.45, 2.75) is 24.8 Å². The minimum absolute atomic E-state index is 0.118. The standard InChI is InChI=1S/C25H28N2O5S/c1-18-9-8-10-21(15-18)27(33(29,30)22-11-6-5-7-12-22)17-25(28)26-19(2)20-13-14-23(31-3)24(16-20)32-4/h5-16,19H,17H2,1-4H3,(H,26,28). The molecule has 0 spiro atoms. The SMILES string of the molecule is COc1ccc(C(C)NC(=O)CN(c2cccc(C)c2)S(=O)(=O)c2ccccc2)cc1OC. The maximum atomic E-state index is 13.4. The summed E-state index contributed by atoms with van der Waals surface area (Å²) >= 11 is 0. The van der Waals surface area contributed by atoms with Crippen molar-refractivity contribution >= 4 is 21.6 Å². The lowest BCUT2D eigenvalue weighted by Gasteiger charge is -2.25. The number of hydrogen-bond donors (Lipinski definition) is 1. The van der Waals surface area contributed by atoms with Crippen LogP contribution in [0.4, 0.5) is 5.69 Å². The third-order valence-electron chi connectivity index (χ3n) is 5.19. The molecule has 0 aromatic heterocycles. The van der Waals surface area contributed by atoms with Crippen LogP contribution in [0.25, 0.3) is 0 Å². The first-order chi connectivity index (χ1) is 15.8. The monoisotopic (exact) mass is 468 g/mol. The van der Waals surface area contributed by atoms with Gasteiger partial charge in [-0.25, -0.2) is 8.42 Å². The van der Waals surface area contributed by atoms with Crippen LogP contribution in [0.1, 0.15) is 24.1 Å². The van der Waals surface area contributed by atoms with E-state index in [0.717, 1.165) is 15.4 Å². The van der Waals surface area contributed by atoms with Crippen molar-refractivity contribution in [3.05, 3.63) is 83.9 Å². The third kappa shape index (κ3) is 5.64. The number of amides is 1. The number of sulfonamides is 1. The molecule has 3 rings (SSSR count). The Morgan fingerprint density at radius 1 is 0.939 bits per heavy atom. The normalized spacial score (nSPS) is 12.0. The summed E-state index contributed by atoms with van der Waals surface area (Å²) < 4.78 is 38.5. The van der Waals surface area contributed by atoms with Crippen LogP contribution >= 0.6 is 0 Å². The lowest BCUT2D eigenvalue weighted by molar-refractivity contribution is -0.120. The maximum absolute atomic E-state index is 13.4. The Hall–Kier alpha value is -3.52. The molecule has 0 fully saturated rings. The number of aryl methyl sites for hydroxylation is 1. The number of benzene rings is 3. The van der Waals surface area contributed by atoms with Crippen LogP contribution in [-0.4, -0.2) is 35.1 Å². The van der Waals surface area contributed by atoms with Crippen LogP contribution in [0.2, 0.25) is 0 Å². The molecule has 0 aliphatic carbocycles. The topological polar surface area (TPSA) is 84.9 Å². The minimum atomic E-state index is -3.95. The van der Waals surface area contributed by atoms with Crippen LogP contribution in [0.3, 0.4) is 0 Å². The fraction of sp³-hybridized carbons (Fsp3) is 0.240. The average molecular weight is 469 g/mol. The zero-order valence-electron chi connectivity index (χ0n) is 19.1. The summed E-state index contributed by atoms with van der Waals surface area (Å²) in [5, 5.41) is 2.88. The molecule has 1 amide bonds. The van der Waals surface area contributed by atoms with Gasteiger partial charge < -0.3 is 14.8 Å². The molecule has 3 aromatic carbocycles. The molecule has 174 valence electrons. The summed E-state index contributed by atoms with van der Waals surface area (Å²) in [7, 11) is -0.858. The zero-order valence-corrected chi connectivity index (χ0v) is 19.9. The number of nitrogens with zero attached hydrogens (tertiary/aromatic N) is 1. The number of methoxy groups -OCH3 is 2. The number of anilines is 1. The summed E-state index contributed by atoms with van der Waals surface area (Å²) in [5.74, 6) is 0.696. The molecule has 0 aliphatic heterocycles. The molecule has 0 saturated carbocycles. The van der Waals surface area contributed by atoms with Gasteiger partial charge in [-0.15, -0.1) is 0 Å². The van der Waals surface area contributed by atoms with Crippen molar-refractivity contribution in [1.29, 1.82) is 0 Å². The van der Waals surface area contributed by atoms with Crippen molar-refractivity contribution in [1.82, 2.24) is 5.32 Å². The number of rotatable bonds is 9. The van der Waals surface area contributed by atoms with Gasteiger partial charge >= 0.3 is 0 Å². The highest BCUT2D eigenvalue weighted by Crippen LogP contribution is 2.30. The van der Waals surface area contributed by atoms with Gasteiger partial charge in [0.2, 0.25) is 5.91 Å². The molecule has 0 saturated heterocycles. The largest absolute Gasteiger partial charge is 0.493 e. The minimum Gasteiger partial charge on any atom is -0.493 e. The van der Waals surface area contributed by atoms with Crippen molar-refractivity contribution < 1.29 is 22.7 Å². The van der Waals surface area contributed by atoms with E-state index in [-0.39, 0.29) is 17.5 Å². The number of carbonyl (C=O) groups is 1. The van der Waals surface area contributed by atoms with Gasteiger partial charge in [0.15, 0.2) is 11.5 Å². The lowest BCUT2D eigenvalue weighted by Crippen LogP contribution is -2.41. The number of carbonyl (C=O) groups excluding carboxylic acids is 1. The molecule has 3 aromatic rings. The van der Waals surface area contributed by atoms with E-state index in [1.165, 1.54) is 12.1 Å². The average Bonchev–Trinajstić information content (AvgIpc) is 2.82. The van der Waals surface area contributed by atoms with Crippen molar-refractivity contribution in [2.75, 3.05) is 25.1 Å². The summed E-state index contributed by atoms with van der Waals surface area (Å²) in [6.45, 7) is 3.33. The maximum Gasteiger partial charge on any atom is 0.264 e. The van der Waals surface area contributed by atoms with Gasteiger partial charge in [-0.2, -0.15) is 0 Å². The van der Waals surface area contributed by atoms with Gasteiger partial charge in [0.25, 0.3) is 10.0 Å². The Morgan fingerprint density at radius 3 is 2.27 bits per heavy atom. The first-order valence-corrected chi connectivity index (χ1v) is 11.9. The predicted molar refractivity (Wildman–Crippen MR) is 128 cm³/mol. The molecular weight excluding hydrogens is 440 g/mol. The van der Waals surface area contributed by atoms with Gasteiger partial charge in [-0.05, 0) is 61.4 Å². The molecule has 0 aliphatic rings. The molecular formula is C25H28N2O5S. The van der Waals surface area contributed by atoms with Gasteiger partial charge in [0.1, 0.15) is 6.54 Å².